The van der Waals surface area contributed by atoms with Crippen molar-refractivity contribution in [2.75, 3.05) is 25.6 Å². The summed E-state index contributed by atoms with van der Waals surface area (Å²) < 4.78 is 4.94. The number of amides is 1. The van der Waals surface area contributed by atoms with Gasteiger partial charge in [-0.05, 0) is 25.5 Å². The number of methoxy groups -OCH3 is 1. The van der Waals surface area contributed by atoms with E-state index >= 15 is 0 Å². The zero-order chi connectivity index (χ0) is 14.3. The number of benzene rings is 1. The largest absolute Gasteiger partial charge is 0.383 e. The van der Waals surface area contributed by atoms with Crippen molar-refractivity contribution >= 4 is 11.6 Å². The van der Waals surface area contributed by atoms with Crippen LogP contribution in [-0.2, 0) is 9.53 Å². The van der Waals surface area contributed by atoms with E-state index in [-0.39, 0.29) is 18.5 Å². The van der Waals surface area contributed by atoms with Crippen LogP contribution in [0.5, 0.6) is 0 Å². The molecule has 19 heavy (non-hydrogen) atoms. The first-order valence-electron chi connectivity index (χ1n) is 6.10. The second-order valence-corrected chi connectivity index (χ2v) is 4.39. The maximum absolute atomic E-state index is 11.7. The van der Waals surface area contributed by atoms with Crippen LogP contribution < -0.4 is 10.6 Å². The molecule has 2 N–H and O–H groups in total. The average molecular weight is 261 g/mol. The molecule has 1 aromatic carbocycles. The first-order valence-corrected chi connectivity index (χ1v) is 6.10. The van der Waals surface area contributed by atoms with E-state index in [0.29, 0.717) is 17.9 Å². The molecule has 0 saturated carbocycles. The fraction of sp³-hybridized carbons (Fsp3) is 0.429. The number of rotatable bonds is 6. The van der Waals surface area contributed by atoms with Gasteiger partial charge >= 0.3 is 0 Å². The van der Waals surface area contributed by atoms with Gasteiger partial charge in [0, 0.05) is 13.2 Å². The summed E-state index contributed by atoms with van der Waals surface area (Å²) >= 11 is 0. The highest BCUT2D eigenvalue weighted by Crippen LogP contribution is 2.17. The lowest BCUT2D eigenvalue weighted by Gasteiger charge is -2.14. The summed E-state index contributed by atoms with van der Waals surface area (Å²) in [7, 11) is 1.59. The monoisotopic (exact) mass is 261 g/mol. The molecule has 1 atom stereocenters. The van der Waals surface area contributed by atoms with Crippen molar-refractivity contribution in [2.24, 2.45) is 0 Å². The van der Waals surface area contributed by atoms with Crippen molar-refractivity contribution < 1.29 is 9.53 Å². The van der Waals surface area contributed by atoms with Gasteiger partial charge in [0.1, 0.15) is 6.07 Å². The van der Waals surface area contributed by atoms with Crippen LogP contribution in [0.25, 0.3) is 0 Å². The van der Waals surface area contributed by atoms with Crippen LogP contribution in [0.2, 0.25) is 0 Å². The molecule has 102 valence electrons. The maximum atomic E-state index is 11.7. The van der Waals surface area contributed by atoms with Gasteiger partial charge in [0.25, 0.3) is 0 Å². The Bertz CT molecular complexity index is 480. The highest BCUT2D eigenvalue weighted by molar-refractivity contribution is 5.81. The van der Waals surface area contributed by atoms with Crippen LogP contribution in [0.3, 0.4) is 0 Å². The number of nitriles is 1. The quantitative estimate of drug-likeness (QED) is 0.812. The molecule has 0 aromatic heterocycles. The van der Waals surface area contributed by atoms with Crippen molar-refractivity contribution in [1.82, 2.24) is 5.32 Å². The smallest absolute Gasteiger partial charge is 0.239 e. The fourth-order valence-electron chi connectivity index (χ4n) is 1.76. The summed E-state index contributed by atoms with van der Waals surface area (Å²) in [5.41, 5.74) is 2.14. The molecule has 1 rings (SSSR count). The Morgan fingerprint density at radius 2 is 2.26 bits per heavy atom. The number of hydrogen-bond acceptors (Lipinski definition) is 4. The summed E-state index contributed by atoms with van der Waals surface area (Å²) in [4.78, 5) is 11.7. The lowest BCUT2D eigenvalue weighted by atomic mass is 10.1. The Hall–Kier alpha value is -2.06. The Balaban J connectivity index is 2.56. The second kappa shape index (κ2) is 7.39. The molecular weight excluding hydrogens is 242 g/mol. The number of anilines is 1. The van der Waals surface area contributed by atoms with Gasteiger partial charge in [0.05, 0.1) is 24.4 Å². The van der Waals surface area contributed by atoms with Crippen molar-refractivity contribution in [3.05, 3.63) is 29.3 Å². The number of aryl methyl sites for hydroxylation is 1. The second-order valence-electron chi connectivity index (χ2n) is 4.39. The number of carbonyl (C=O) groups is 1. The van der Waals surface area contributed by atoms with E-state index in [0.717, 1.165) is 5.56 Å². The predicted molar refractivity (Wildman–Crippen MR) is 73.9 cm³/mol. The SMILES string of the molecule is COCC(C)NC(=O)CNc1cccc(C)c1C#N. The molecule has 1 unspecified atom stereocenters. The van der Waals surface area contributed by atoms with E-state index in [9.17, 15) is 4.79 Å². The molecule has 0 bridgehead atoms. The van der Waals surface area contributed by atoms with E-state index < -0.39 is 0 Å². The highest BCUT2D eigenvalue weighted by atomic mass is 16.5. The van der Waals surface area contributed by atoms with Gasteiger partial charge in [-0.15, -0.1) is 0 Å². The first kappa shape index (κ1) is 15.0. The average Bonchev–Trinajstić information content (AvgIpc) is 2.36. The molecule has 0 heterocycles. The van der Waals surface area contributed by atoms with E-state index in [4.69, 9.17) is 10.00 Å². The number of hydrogen-bond donors (Lipinski definition) is 2. The molecule has 0 aliphatic heterocycles. The summed E-state index contributed by atoms with van der Waals surface area (Å²) in [5.74, 6) is -0.130. The first-order chi connectivity index (χ1) is 9.08. The third-order valence-electron chi connectivity index (χ3n) is 2.65. The standard InChI is InChI=1S/C14H19N3O2/c1-10-5-4-6-13(12(10)7-15)16-8-14(18)17-11(2)9-19-3/h4-6,11,16H,8-9H2,1-3H3,(H,17,18). The van der Waals surface area contributed by atoms with Gasteiger partial charge in [-0.25, -0.2) is 0 Å². The van der Waals surface area contributed by atoms with Crippen molar-refractivity contribution in [3.63, 3.8) is 0 Å². The molecular formula is C14H19N3O2. The zero-order valence-electron chi connectivity index (χ0n) is 11.5. The number of ether oxygens (including phenoxy) is 1. The maximum Gasteiger partial charge on any atom is 0.239 e. The third-order valence-corrected chi connectivity index (χ3v) is 2.65. The summed E-state index contributed by atoms with van der Waals surface area (Å²) in [6.07, 6.45) is 0. The Morgan fingerprint density at radius 1 is 1.53 bits per heavy atom. The van der Waals surface area contributed by atoms with E-state index in [1.165, 1.54) is 0 Å². The minimum absolute atomic E-state index is 0.0350. The summed E-state index contributed by atoms with van der Waals surface area (Å²) in [6, 6.07) is 7.61. The van der Waals surface area contributed by atoms with Crippen LogP contribution in [0.15, 0.2) is 18.2 Å². The summed E-state index contributed by atoms with van der Waals surface area (Å²) in [6.45, 7) is 4.34. The van der Waals surface area contributed by atoms with E-state index in [1.807, 2.05) is 26.0 Å². The van der Waals surface area contributed by atoms with Crippen LogP contribution in [0.4, 0.5) is 5.69 Å². The molecule has 0 aliphatic carbocycles. The molecule has 0 radical (unpaired) electrons. The van der Waals surface area contributed by atoms with Gasteiger partial charge in [-0.2, -0.15) is 5.26 Å². The van der Waals surface area contributed by atoms with Crippen LogP contribution in [0.1, 0.15) is 18.1 Å². The lowest BCUT2D eigenvalue weighted by molar-refractivity contribution is -0.120. The fourth-order valence-corrected chi connectivity index (χ4v) is 1.76. The topological polar surface area (TPSA) is 74.2 Å². The van der Waals surface area contributed by atoms with Crippen LogP contribution in [-0.4, -0.2) is 32.2 Å². The number of nitrogens with one attached hydrogen (secondary N) is 2. The van der Waals surface area contributed by atoms with Gasteiger partial charge in [0.15, 0.2) is 0 Å². The normalized spacial score (nSPS) is 11.5. The molecule has 1 amide bonds. The van der Waals surface area contributed by atoms with Gasteiger partial charge in [-0.1, -0.05) is 12.1 Å². The van der Waals surface area contributed by atoms with Gasteiger partial charge in [-0.3, -0.25) is 4.79 Å². The molecule has 0 spiro atoms. The number of carbonyl (C=O) groups excluding carboxylic acids is 1. The predicted octanol–water partition coefficient (Wildman–Crippen LogP) is 1.43. The Labute approximate surface area is 113 Å². The molecule has 1 aromatic rings. The van der Waals surface area contributed by atoms with Crippen molar-refractivity contribution in [1.29, 1.82) is 5.26 Å². The van der Waals surface area contributed by atoms with Crippen molar-refractivity contribution in [2.45, 2.75) is 19.9 Å². The van der Waals surface area contributed by atoms with E-state index in [2.05, 4.69) is 16.7 Å². The molecule has 5 heteroatoms. The van der Waals surface area contributed by atoms with Gasteiger partial charge < -0.3 is 15.4 Å². The third kappa shape index (κ3) is 4.60. The van der Waals surface area contributed by atoms with Gasteiger partial charge in [0.2, 0.25) is 5.91 Å². The van der Waals surface area contributed by atoms with Crippen LogP contribution >= 0.6 is 0 Å². The minimum atomic E-state index is -0.130. The summed E-state index contributed by atoms with van der Waals surface area (Å²) in [5, 5.41) is 14.8. The number of nitrogens with zero attached hydrogens (tertiary/aromatic N) is 1. The highest BCUT2D eigenvalue weighted by Gasteiger charge is 2.09. The van der Waals surface area contributed by atoms with Crippen molar-refractivity contribution in [3.8, 4) is 6.07 Å². The minimum Gasteiger partial charge on any atom is -0.383 e. The molecule has 0 fully saturated rings. The Kier molecular flexibility index (Phi) is 5.83. The molecule has 0 saturated heterocycles. The van der Waals surface area contributed by atoms with E-state index in [1.54, 1.807) is 13.2 Å². The van der Waals surface area contributed by atoms with Crippen LogP contribution in [0, 0.1) is 18.3 Å². The molecule has 5 nitrogen and oxygen atoms in total. The lowest BCUT2D eigenvalue weighted by Crippen LogP contribution is -2.39. The zero-order valence-corrected chi connectivity index (χ0v) is 11.5. The molecule has 0 aliphatic rings. The Morgan fingerprint density at radius 3 is 2.89 bits per heavy atom.